The van der Waals surface area contributed by atoms with E-state index in [0.29, 0.717) is 6.42 Å². The Morgan fingerprint density at radius 3 is 2.56 bits per heavy atom. The van der Waals surface area contributed by atoms with Crippen molar-refractivity contribution in [2.75, 3.05) is 6.54 Å². The number of carbonyl (C=O) groups is 2. The number of aliphatic hydroxyl groups excluding tert-OH is 1. The van der Waals surface area contributed by atoms with Crippen LogP contribution in [0.1, 0.15) is 37.1 Å². The average molecular weight is 453 g/mol. The Morgan fingerprint density at radius 1 is 0.941 bits per heavy atom. The lowest BCUT2D eigenvalue weighted by atomic mass is 9.96. The number of Topliss-reactive ketones (excluding diaryl/α,β-unsaturated/α-hetero) is 2. The van der Waals surface area contributed by atoms with Crippen molar-refractivity contribution < 1.29 is 23.8 Å². The molecule has 0 saturated heterocycles. The van der Waals surface area contributed by atoms with Crippen LogP contribution in [0.15, 0.2) is 83.3 Å². The molecule has 0 saturated carbocycles. The van der Waals surface area contributed by atoms with Gasteiger partial charge >= 0.3 is 0 Å². The van der Waals surface area contributed by atoms with Crippen molar-refractivity contribution in [3.8, 4) is 0 Å². The molecule has 0 amide bonds. The van der Waals surface area contributed by atoms with Gasteiger partial charge in [-0.3, -0.25) is 9.59 Å². The maximum Gasteiger partial charge on any atom is 0.237 e. The number of para-hydroxylation sites is 1. The summed E-state index contributed by atoms with van der Waals surface area (Å²) >= 11 is 0. The minimum absolute atomic E-state index is 0.0817. The van der Waals surface area contributed by atoms with E-state index in [0.717, 1.165) is 54.2 Å². The van der Waals surface area contributed by atoms with E-state index in [1.54, 1.807) is 12.2 Å². The largest absolute Gasteiger partial charge is 0.506 e. The number of nitrogens with zero attached hydrogens (tertiary/aromatic N) is 2. The molecule has 1 N–H and O–H groups in total. The molecule has 0 fully saturated rings. The molecule has 3 aliphatic rings. The Morgan fingerprint density at radius 2 is 1.76 bits per heavy atom. The van der Waals surface area contributed by atoms with Crippen molar-refractivity contribution in [2.24, 2.45) is 0 Å². The van der Waals surface area contributed by atoms with E-state index in [-0.39, 0.29) is 16.9 Å². The lowest BCUT2D eigenvalue weighted by molar-refractivity contribution is -0.700. The van der Waals surface area contributed by atoms with Gasteiger partial charge in [-0.1, -0.05) is 24.3 Å². The van der Waals surface area contributed by atoms with Gasteiger partial charge in [-0.25, -0.2) is 4.57 Å². The summed E-state index contributed by atoms with van der Waals surface area (Å²) < 4.78 is 4.32. The van der Waals surface area contributed by atoms with Crippen LogP contribution >= 0.6 is 0 Å². The third kappa shape index (κ3) is 3.67. The number of hydrogen-bond donors (Lipinski definition) is 1. The Labute approximate surface area is 199 Å². The summed E-state index contributed by atoms with van der Waals surface area (Å²) in [5, 5.41) is 11.0. The summed E-state index contributed by atoms with van der Waals surface area (Å²) in [5.74, 6) is -1.51. The van der Waals surface area contributed by atoms with Gasteiger partial charge in [-0.2, -0.15) is 4.58 Å². The summed E-state index contributed by atoms with van der Waals surface area (Å²) in [5.41, 5.74) is 6.67. The van der Waals surface area contributed by atoms with E-state index in [1.807, 2.05) is 36.5 Å². The number of ketones is 2. The molecule has 2 aliphatic carbocycles. The topological polar surface area (TPSA) is 61.3 Å². The number of benzene rings is 1. The van der Waals surface area contributed by atoms with E-state index in [1.165, 1.54) is 5.56 Å². The fraction of sp³-hybridized carbons (Fsp3) is 0.241. The first-order valence-electron chi connectivity index (χ1n) is 11.9. The molecule has 170 valence electrons. The molecule has 5 rings (SSSR count). The number of pyridine rings is 1. The highest BCUT2D eigenvalue weighted by atomic mass is 16.3. The maximum atomic E-state index is 12.9. The standard InChI is InChI=1S/C29H27N2O3/c1-3-30-15-7-9-21-12-11-19(17-26(21)30)16-23-27(32)24(29(34)28(23)33)18-22-14-13-20-8-5-6-10-25(20)31(22)4-2/h5-12,15-16,18H,3-4,13-14,17H2,1-2H3/q+1/p+1/b19-16+,24-18+. The minimum Gasteiger partial charge on any atom is -0.506 e. The Hall–Kier alpha value is -3.86. The summed E-state index contributed by atoms with van der Waals surface area (Å²) in [7, 11) is 0. The summed E-state index contributed by atoms with van der Waals surface area (Å²) in [6, 6.07) is 12.3. The summed E-state index contributed by atoms with van der Waals surface area (Å²) in [4.78, 5) is 25.7. The Bertz CT molecular complexity index is 1390. The predicted octanol–water partition coefficient (Wildman–Crippen LogP) is 4.13. The number of hydrogen-bond acceptors (Lipinski definition) is 3. The second-order valence-corrected chi connectivity index (χ2v) is 8.77. The van der Waals surface area contributed by atoms with E-state index in [2.05, 4.69) is 41.2 Å². The van der Waals surface area contributed by atoms with Crippen LogP contribution < -0.4 is 4.57 Å². The van der Waals surface area contributed by atoms with Crippen LogP contribution in [-0.2, 0) is 29.0 Å². The first kappa shape index (κ1) is 22.0. The van der Waals surface area contributed by atoms with E-state index < -0.39 is 11.6 Å². The number of rotatable bonds is 4. The molecule has 1 aromatic carbocycles. The number of aryl methyl sites for hydroxylation is 2. The fourth-order valence-electron chi connectivity index (χ4n) is 5.09. The lowest BCUT2D eigenvalue weighted by Crippen LogP contribution is -2.38. The van der Waals surface area contributed by atoms with E-state index in [9.17, 15) is 14.7 Å². The van der Waals surface area contributed by atoms with Crippen molar-refractivity contribution in [3.63, 3.8) is 0 Å². The van der Waals surface area contributed by atoms with Crippen molar-refractivity contribution >= 4 is 29.0 Å². The molecule has 2 aromatic rings. The lowest BCUT2D eigenvalue weighted by Gasteiger charge is -2.15. The number of carbonyl (C=O) groups excluding carboxylic acids is 2. The molecule has 0 atom stereocenters. The van der Waals surface area contributed by atoms with Crippen LogP contribution in [0.2, 0.25) is 0 Å². The number of allylic oxidation sites excluding steroid dienone is 6. The highest BCUT2D eigenvalue weighted by Crippen LogP contribution is 2.30. The highest BCUT2D eigenvalue weighted by Gasteiger charge is 2.37. The van der Waals surface area contributed by atoms with E-state index in [4.69, 9.17) is 0 Å². The first-order valence-corrected chi connectivity index (χ1v) is 11.9. The van der Waals surface area contributed by atoms with Gasteiger partial charge in [-0.15, -0.1) is 0 Å². The Balaban J connectivity index is 1.54. The van der Waals surface area contributed by atoms with Crippen LogP contribution in [0.5, 0.6) is 0 Å². The van der Waals surface area contributed by atoms with Crippen molar-refractivity contribution in [2.45, 2.75) is 39.7 Å². The zero-order chi connectivity index (χ0) is 23.8. The average Bonchev–Trinajstić information content (AvgIpc) is 3.06. The molecule has 0 radical (unpaired) electrons. The molecule has 2 heterocycles. The van der Waals surface area contributed by atoms with Gasteiger partial charge in [0.15, 0.2) is 17.6 Å². The molecular formula is C29H28N2O3+2. The van der Waals surface area contributed by atoms with Crippen molar-refractivity contribution in [1.82, 2.24) is 0 Å². The molecular weight excluding hydrogens is 424 g/mol. The van der Waals surface area contributed by atoms with Crippen LogP contribution in [-0.4, -0.2) is 33.5 Å². The van der Waals surface area contributed by atoms with E-state index >= 15 is 0 Å². The summed E-state index contributed by atoms with van der Waals surface area (Å²) in [6.07, 6.45) is 11.6. The first-order chi connectivity index (χ1) is 16.5. The molecule has 34 heavy (non-hydrogen) atoms. The zero-order valence-corrected chi connectivity index (χ0v) is 19.5. The van der Waals surface area contributed by atoms with Crippen LogP contribution in [0.25, 0.3) is 6.08 Å². The smallest absolute Gasteiger partial charge is 0.237 e. The van der Waals surface area contributed by atoms with Gasteiger partial charge in [-0.05, 0) is 44.1 Å². The van der Waals surface area contributed by atoms with Gasteiger partial charge in [0.05, 0.1) is 17.6 Å². The van der Waals surface area contributed by atoms with Gasteiger partial charge in [0.2, 0.25) is 17.3 Å². The maximum absolute atomic E-state index is 12.9. The second kappa shape index (κ2) is 8.82. The number of fused-ring (bicyclic) bond motifs is 2. The summed E-state index contributed by atoms with van der Waals surface area (Å²) in [6.45, 7) is 5.73. The van der Waals surface area contributed by atoms with Crippen LogP contribution in [0.3, 0.4) is 0 Å². The molecule has 0 spiro atoms. The zero-order valence-electron chi connectivity index (χ0n) is 19.5. The van der Waals surface area contributed by atoms with Crippen molar-refractivity contribution in [1.29, 1.82) is 0 Å². The van der Waals surface area contributed by atoms with Crippen LogP contribution in [0, 0.1) is 0 Å². The van der Waals surface area contributed by atoms with Gasteiger partial charge in [0, 0.05) is 35.8 Å². The third-order valence-corrected chi connectivity index (χ3v) is 6.85. The molecule has 1 aromatic heterocycles. The third-order valence-electron chi connectivity index (χ3n) is 6.85. The monoisotopic (exact) mass is 452 g/mol. The molecule has 0 unspecified atom stereocenters. The fourth-order valence-corrected chi connectivity index (χ4v) is 5.09. The van der Waals surface area contributed by atoms with Gasteiger partial charge in [0.25, 0.3) is 0 Å². The quantitative estimate of drug-likeness (QED) is 0.431. The molecule has 0 bridgehead atoms. The van der Waals surface area contributed by atoms with Crippen LogP contribution in [0.4, 0.5) is 5.69 Å². The highest BCUT2D eigenvalue weighted by molar-refractivity contribution is 6.54. The predicted molar refractivity (Wildman–Crippen MR) is 131 cm³/mol. The molecule has 1 aliphatic heterocycles. The number of aromatic nitrogens is 1. The minimum atomic E-state index is -0.647. The normalized spacial score (nSPS) is 19.9. The number of aliphatic hydroxyl groups is 1. The van der Waals surface area contributed by atoms with Crippen molar-refractivity contribution in [3.05, 3.63) is 100 Å². The van der Waals surface area contributed by atoms with Gasteiger partial charge < -0.3 is 5.11 Å². The molecule has 5 heteroatoms. The molecule has 5 nitrogen and oxygen atoms in total. The second-order valence-electron chi connectivity index (χ2n) is 8.77. The van der Waals surface area contributed by atoms with Gasteiger partial charge in [0.1, 0.15) is 18.8 Å². The SMILES string of the molecule is CC[N+]1=C(/C=C2/C(=O)C(=O)C(/C=C3\C=Cc4ccc[n+](CC)c4C3)=C2O)CCc2ccccc21. The Kier molecular flexibility index (Phi) is 5.70.